The Morgan fingerprint density at radius 3 is 2.11 bits per heavy atom. The molecule has 2 atom stereocenters. The van der Waals surface area contributed by atoms with Crippen molar-refractivity contribution >= 4 is 21.8 Å². The Kier molecular flexibility index (Phi) is 7.33. The number of sulfonamides is 1. The second-order valence-electron chi connectivity index (χ2n) is 9.81. The maximum atomic E-state index is 14.0. The third kappa shape index (κ3) is 4.74. The van der Waals surface area contributed by atoms with Crippen LogP contribution >= 0.6 is 0 Å². The van der Waals surface area contributed by atoms with Crippen LogP contribution in [0.4, 0.5) is 0 Å². The molecule has 1 N–H and O–H groups in total. The molecule has 1 fully saturated rings. The van der Waals surface area contributed by atoms with Crippen LogP contribution in [0.25, 0.3) is 0 Å². The molecular weight excluding hydrogens is 462 g/mol. The Bertz CT molecular complexity index is 1180. The molecule has 2 amide bonds. The summed E-state index contributed by atoms with van der Waals surface area (Å²) in [5.41, 5.74) is 2.96. The van der Waals surface area contributed by atoms with Crippen LogP contribution in [0.3, 0.4) is 0 Å². The minimum atomic E-state index is -3.71. The standard InChI is InChI=1S/C27H35N3O4S/c1-5-18(6-2)25-26(31)28-24(22-15-19-11-7-8-12-20(19)16-22)27(32)30(25)17-21-13-9-10-14-23(21)35(33,34)29(3)4/h7-14,18,22,24-25H,5-6,15-17H2,1-4H3,(H,28,31)/t24-,25-/m1/s1. The third-order valence-electron chi connectivity index (χ3n) is 7.57. The molecule has 35 heavy (non-hydrogen) atoms. The van der Waals surface area contributed by atoms with Crippen molar-refractivity contribution in [2.75, 3.05) is 14.1 Å². The first-order chi connectivity index (χ1) is 16.7. The van der Waals surface area contributed by atoms with E-state index in [1.165, 1.54) is 29.5 Å². The Morgan fingerprint density at radius 1 is 0.971 bits per heavy atom. The molecule has 7 nitrogen and oxygen atoms in total. The second kappa shape index (κ2) is 10.1. The molecule has 1 heterocycles. The Hall–Kier alpha value is -2.71. The molecule has 1 aliphatic carbocycles. The van der Waals surface area contributed by atoms with Gasteiger partial charge in [-0.1, -0.05) is 69.2 Å². The summed E-state index contributed by atoms with van der Waals surface area (Å²) in [5, 5.41) is 3.06. The molecule has 1 saturated heterocycles. The predicted octanol–water partition coefficient (Wildman–Crippen LogP) is 2.98. The van der Waals surface area contributed by atoms with E-state index in [-0.39, 0.29) is 35.1 Å². The highest BCUT2D eigenvalue weighted by molar-refractivity contribution is 7.89. The number of hydrogen-bond donors (Lipinski definition) is 1. The summed E-state index contributed by atoms with van der Waals surface area (Å²) < 4.78 is 27.2. The first kappa shape index (κ1) is 25.4. The molecule has 0 radical (unpaired) electrons. The van der Waals surface area contributed by atoms with Gasteiger partial charge >= 0.3 is 0 Å². The Balaban J connectivity index is 1.71. The Labute approximate surface area is 208 Å². The molecule has 0 unspecified atom stereocenters. The first-order valence-corrected chi connectivity index (χ1v) is 13.8. The molecule has 0 saturated carbocycles. The molecule has 0 aromatic heterocycles. The van der Waals surface area contributed by atoms with Crippen molar-refractivity contribution in [1.29, 1.82) is 0 Å². The minimum Gasteiger partial charge on any atom is -0.342 e. The van der Waals surface area contributed by atoms with Crippen LogP contribution in [0.15, 0.2) is 53.4 Å². The normalized spacial score (nSPS) is 21.0. The monoisotopic (exact) mass is 497 g/mol. The molecule has 0 bridgehead atoms. The van der Waals surface area contributed by atoms with E-state index in [2.05, 4.69) is 17.4 Å². The summed E-state index contributed by atoms with van der Waals surface area (Å²) in [6, 6.07) is 13.7. The molecular formula is C27H35N3O4S. The van der Waals surface area contributed by atoms with Crippen LogP contribution in [0.1, 0.15) is 43.4 Å². The van der Waals surface area contributed by atoms with Crippen LogP contribution in [-0.2, 0) is 39.0 Å². The highest BCUT2D eigenvalue weighted by Gasteiger charge is 2.47. The van der Waals surface area contributed by atoms with E-state index in [1.807, 2.05) is 26.0 Å². The van der Waals surface area contributed by atoms with E-state index >= 15 is 0 Å². The number of carbonyl (C=O) groups is 2. The van der Waals surface area contributed by atoms with Gasteiger partial charge in [-0.05, 0) is 47.4 Å². The average molecular weight is 498 g/mol. The maximum absolute atomic E-state index is 14.0. The lowest BCUT2D eigenvalue weighted by Crippen LogP contribution is -2.66. The van der Waals surface area contributed by atoms with Gasteiger partial charge in [0.05, 0.1) is 4.90 Å². The summed E-state index contributed by atoms with van der Waals surface area (Å²) in [7, 11) is -0.724. The number of amides is 2. The van der Waals surface area contributed by atoms with Crippen LogP contribution in [0.2, 0.25) is 0 Å². The highest BCUT2D eigenvalue weighted by Crippen LogP contribution is 2.34. The lowest BCUT2D eigenvalue weighted by molar-refractivity contribution is -0.154. The summed E-state index contributed by atoms with van der Waals surface area (Å²) in [6.45, 7) is 4.12. The fourth-order valence-electron chi connectivity index (χ4n) is 5.55. The van der Waals surface area contributed by atoms with Gasteiger partial charge < -0.3 is 10.2 Å². The summed E-state index contributed by atoms with van der Waals surface area (Å²) >= 11 is 0. The van der Waals surface area contributed by atoms with E-state index in [0.29, 0.717) is 5.56 Å². The lowest BCUT2D eigenvalue weighted by Gasteiger charge is -2.44. The number of benzene rings is 2. The average Bonchev–Trinajstić information content (AvgIpc) is 3.27. The molecule has 188 valence electrons. The van der Waals surface area contributed by atoms with Gasteiger partial charge in [0.2, 0.25) is 21.8 Å². The van der Waals surface area contributed by atoms with E-state index in [1.54, 1.807) is 29.2 Å². The van der Waals surface area contributed by atoms with Gasteiger partial charge in [-0.2, -0.15) is 0 Å². The van der Waals surface area contributed by atoms with Gasteiger partial charge in [0, 0.05) is 20.6 Å². The van der Waals surface area contributed by atoms with Crippen LogP contribution in [0.5, 0.6) is 0 Å². The summed E-state index contributed by atoms with van der Waals surface area (Å²) in [6.07, 6.45) is 2.97. The van der Waals surface area contributed by atoms with Crippen molar-refractivity contribution in [3.05, 3.63) is 65.2 Å². The van der Waals surface area contributed by atoms with Crippen molar-refractivity contribution in [2.45, 2.75) is 63.1 Å². The molecule has 0 spiro atoms. The molecule has 2 aliphatic rings. The van der Waals surface area contributed by atoms with Crippen LogP contribution in [0, 0.1) is 11.8 Å². The number of hydrogen-bond acceptors (Lipinski definition) is 4. The predicted molar refractivity (Wildman–Crippen MR) is 135 cm³/mol. The van der Waals surface area contributed by atoms with E-state index in [9.17, 15) is 18.0 Å². The third-order valence-corrected chi connectivity index (χ3v) is 9.49. The van der Waals surface area contributed by atoms with Gasteiger partial charge in [0.1, 0.15) is 12.1 Å². The van der Waals surface area contributed by atoms with E-state index in [4.69, 9.17) is 0 Å². The second-order valence-corrected chi connectivity index (χ2v) is 11.9. The summed E-state index contributed by atoms with van der Waals surface area (Å²) in [4.78, 5) is 29.3. The van der Waals surface area contributed by atoms with Crippen molar-refractivity contribution in [1.82, 2.24) is 14.5 Å². The summed E-state index contributed by atoms with van der Waals surface area (Å²) in [5.74, 6) is -0.309. The maximum Gasteiger partial charge on any atom is 0.246 e. The number of nitrogens with zero attached hydrogens (tertiary/aromatic N) is 2. The van der Waals surface area contributed by atoms with Gasteiger partial charge in [0.25, 0.3) is 0 Å². The quantitative estimate of drug-likeness (QED) is 0.608. The van der Waals surface area contributed by atoms with Gasteiger partial charge in [-0.25, -0.2) is 12.7 Å². The topological polar surface area (TPSA) is 86.8 Å². The molecule has 4 rings (SSSR count). The molecule has 2 aromatic rings. The van der Waals surface area contributed by atoms with Crippen LogP contribution in [-0.4, -0.2) is 55.6 Å². The van der Waals surface area contributed by atoms with Crippen molar-refractivity contribution in [3.63, 3.8) is 0 Å². The smallest absolute Gasteiger partial charge is 0.246 e. The zero-order valence-electron chi connectivity index (χ0n) is 20.9. The van der Waals surface area contributed by atoms with Gasteiger partial charge in [-0.15, -0.1) is 0 Å². The van der Waals surface area contributed by atoms with E-state index in [0.717, 1.165) is 25.7 Å². The lowest BCUT2D eigenvalue weighted by atomic mass is 9.86. The van der Waals surface area contributed by atoms with Crippen LogP contribution < -0.4 is 5.32 Å². The Morgan fingerprint density at radius 2 is 1.54 bits per heavy atom. The fraction of sp³-hybridized carbons (Fsp3) is 0.481. The zero-order valence-corrected chi connectivity index (χ0v) is 21.7. The number of fused-ring (bicyclic) bond motifs is 1. The SMILES string of the molecule is CCC(CC)[C@@H]1C(=O)N[C@H](C2Cc3ccccc3C2)C(=O)N1Cc1ccccc1S(=O)(=O)N(C)C. The van der Waals surface area contributed by atoms with Gasteiger partial charge in [0.15, 0.2) is 0 Å². The first-order valence-electron chi connectivity index (χ1n) is 12.4. The number of carbonyl (C=O) groups excluding carboxylic acids is 2. The zero-order chi connectivity index (χ0) is 25.3. The van der Waals surface area contributed by atoms with E-state index < -0.39 is 22.1 Å². The largest absolute Gasteiger partial charge is 0.342 e. The van der Waals surface area contributed by atoms with Gasteiger partial charge in [-0.3, -0.25) is 9.59 Å². The molecule has 8 heteroatoms. The fourth-order valence-corrected chi connectivity index (χ4v) is 6.66. The molecule has 2 aromatic carbocycles. The van der Waals surface area contributed by atoms with Crippen molar-refractivity contribution in [3.8, 4) is 0 Å². The number of piperazine rings is 1. The number of nitrogens with one attached hydrogen (secondary N) is 1. The van der Waals surface area contributed by atoms with Crippen molar-refractivity contribution < 1.29 is 18.0 Å². The number of rotatable bonds is 8. The highest BCUT2D eigenvalue weighted by atomic mass is 32.2. The minimum absolute atomic E-state index is 0.0155. The van der Waals surface area contributed by atoms with Crippen molar-refractivity contribution in [2.24, 2.45) is 11.8 Å². The molecule has 1 aliphatic heterocycles.